The van der Waals surface area contributed by atoms with Gasteiger partial charge in [-0.05, 0) is 68.8 Å². The van der Waals surface area contributed by atoms with Crippen LogP contribution in [-0.4, -0.2) is 32.9 Å². The van der Waals surface area contributed by atoms with E-state index in [0.29, 0.717) is 17.8 Å². The number of aromatic hydroxyl groups is 1. The first-order valence-corrected chi connectivity index (χ1v) is 11.3. The van der Waals surface area contributed by atoms with E-state index in [1.165, 1.54) is 16.8 Å². The molecule has 5 nitrogen and oxygen atoms in total. The smallest absolute Gasteiger partial charge is 0.266 e. The molecule has 3 aromatic rings. The molecule has 0 atom stereocenters. The number of phenols is 1. The summed E-state index contributed by atoms with van der Waals surface area (Å²) >= 11 is 0. The summed E-state index contributed by atoms with van der Waals surface area (Å²) in [6.45, 7) is 7.28. The molecule has 0 amide bonds. The Morgan fingerprint density at radius 1 is 1.03 bits per heavy atom. The first kappa shape index (κ1) is 23.7. The van der Waals surface area contributed by atoms with E-state index in [0.717, 1.165) is 56.4 Å². The van der Waals surface area contributed by atoms with Crippen molar-refractivity contribution >= 4 is 0 Å². The SMILES string of the molecule is CCN(CCCCCCn1nc(-c2cc(C)ccc2O)ccc1=O)Cc1cccc(F)c1. The lowest BCUT2D eigenvalue weighted by Crippen LogP contribution is -2.24. The van der Waals surface area contributed by atoms with Crippen LogP contribution < -0.4 is 5.56 Å². The molecule has 32 heavy (non-hydrogen) atoms. The molecule has 0 bridgehead atoms. The van der Waals surface area contributed by atoms with Gasteiger partial charge >= 0.3 is 0 Å². The molecular weight excluding hydrogens is 405 g/mol. The highest BCUT2D eigenvalue weighted by Crippen LogP contribution is 2.27. The van der Waals surface area contributed by atoms with Crippen LogP contribution in [0.25, 0.3) is 11.3 Å². The second kappa shape index (κ2) is 11.6. The maximum atomic E-state index is 13.4. The number of hydrogen-bond donors (Lipinski definition) is 1. The van der Waals surface area contributed by atoms with Crippen molar-refractivity contribution in [1.29, 1.82) is 0 Å². The molecule has 0 unspecified atom stereocenters. The highest BCUT2D eigenvalue weighted by Gasteiger charge is 2.09. The average Bonchev–Trinajstić information content (AvgIpc) is 2.78. The first-order valence-electron chi connectivity index (χ1n) is 11.3. The number of aryl methyl sites for hydroxylation is 2. The Morgan fingerprint density at radius 2 is 1.84 bits per heavy atom. The number of nitrogens with zero attached hydrogens (tertiary/aromatic N) is 3. The van der Waals surface area contributed by atoms with Gasteiger partial charge in [0.05, 0.1) is 5.69 Å². The molecule has 170 valence electrons. The molecule has 2 aromatic carbocycles. The number of halogens is 1. The minimum Gasteiger partial charge on any atom is -0.507 e. The van der Waals surface area contributed by atoms with Crippen LogP contribution in [0.5, 0.6) is 5.75 Å². The summed E-state index contributed by atoms with van der Waals surface area (Å²) in [4.78, 5) is 14.5. The average molecular weight is 438 g/mol. The van der Waals surface area contributed by atoms with Crippen molar-refractivity contribution in [3.63, 3.8) is 0 Å². The summed E-state index contributed by atoms with van der Waals surface area (Å²) in [5, 5.41) is 14.6. The molecule has 0 aliphatic rings. The van der Waals surface area contributed by atoms with Gasteiger partial charge in [-0.2, -0.15) is 5.10 Å². The Hall–Kier alpha value is -2.99. The van der Waals surface area contributed by atoms with Gasteiger partial charge < -0.3 is 5.11 Å². The van der Waals surface area contributed by atoms with Gasteiger partial charge in [0.2, 0.25) is 0 Å². The van der Waals surface area contributed by atoms with Crippen LogP contribution in [0.1, 0.15) is 43.7 Å². The predicted molar refractivity (Wildman–Crippen MR) is 126 cm³/mol. The van der Waals surface area contributed by atoms with Crippen LogP contribution >= 0.6 is 0 Å². The van der Waals surface area contributed by atoms with Crippen molar-refractivity contribution in [3.8, 4) is 17.0 Å². The second-order valence-corrected chi connectivity index (χ2v) is 8.21. The van der Waals surface area contributed by atoms with E-state index in [-0.39, 0.29) is 17.1 Å². The Morgan fingerprint density at radius 3 is 2.62 bits per heavy atom. The lowest BCUT2D eigenvalue weighted by molar-refractivity contribution is 0.271. The van der Waals surface area contributed by atoms with Gasteiger partial charge in [0, 0.05) is 24.7 Å². The molecule has 0 aliphatic carbocycles. The van der Waals surface area contributed by atoms with Crippen LogP contribution in [0.4, 0.5) is 4.39 Å². The van der Waals surface area contributed by atoms with E-state index in [2.05, 4.69) is 16.9 Å². The van der Waals surface area contributed by atoms with Crippen LogP contribution in [0.15, 0.2) is 59.4 Å². The van der Waals surface area contributed by atoms with Gasteiger partial charge in [-0.25, -0.2) is 9.07 Å². The number of rotatable bonds is 11. The van der Waals surface area contributed by atoms with Crippen LogP contribution in [-0.2, 0) is 13.1 Å². The summed E-state index contributed by atoms with van der Waals surface area (Å²) in [7, 11) is 0. The molecule has 0 saturated heterocycles. The van der Waals surface area contributed by atoms with Crippen molar-refractivity contribution in [2.75, 3.05) is 13.1 Å². The molecule has 1 heterocycles. The zero-order valence-corrected chi connectivity index (χ0v) is 18.9. The van der Waals surface area contributed by atoms with Gasteiger partial charge in [-0.3, -0.25) is 9.69 Å². The summed E-state index contributed by atoms with van der Waals surface area (Å²) in [6, 6.07) is 15.3. The van der Waals surface area contributed by atoms with E-state index in [1.54, 1.807) is 24.3 Å². The molecule has 1 N–H and O–H groups in total. The van der Waals surface area contributed by atoms with Gasteiger partial charge in [0.25, 0.3) is 5.56 Å². The standard InChI is InChI=1S/C26H32FN3O2/c1-3-29(19-21-9-8-10-22(27)18-21)15-6-4-5-7-16-30-26(32)14-12-24(28-30)23-17-20(2)11-13-25(23)31/h8-14,17-18,31H,3-7,15-16,19H2,1-2H3. The maximum Gasteiger partial charge on any atom is 0.266 e. The molecule has 0 radical (unpaired) electrons. The van der Waals surface area contributed by atoms with Crippen LogP contribution in [0.2, 0.25) is 0 Å². The first-order chi connectivity index (χ1) is 15.5. The molecule has 3 rings (SSSR count). The molecule has 0 fully saturated rings. The lowest BCUT2D eigenvalue weighted by Gasteiger charge is -2.20. The van der Waals surface area contributed by atoms with Gasteiger partial charge in [-0.15, -0.1) is 0 Å². The summed E-state index contributed by atoms with van der Waals surface area (Å²) in [6.07, 6.45) is 3.99. The topological polar surface area (TPSA) is 58.4 Å². The molecule has 6 heteroatoms. The fraction of sp³-hybridized carbons (Fsp3) is 0.385. The third kappa shape index (κ3) is 6.76. The Balaban J connectivity index is 1.46. The third-order valence-electron chi connectivity index (χ3n) is 5.63. The Bertz CT molecular complexity index is 1080. The van der Waals surface area contributed by atoms with Gasteiger partial charge in [-0.1, -0.05) is 43.5 Å². The molecular formula is C26H32FN3O2. The van der Waals surface area contributed by atoms with Gasteiger partial charge in [0.1, 0.15) is 11.6 Å². The van der Waals surface area contributed by atoms with Crippen LogP contribution in [0.3, 0.4) is 0 Å². The predicted octanol–water partition coefficient (Wildman–Crippen LogP) is 5.15. The number of benzene rings is 2. The van der Waals surface area contributed by atoms with Crippen molar-refractivity contribution in [1.82, 2.24) is 14.7 Å². The van der Waals surface area contributed by atoms with Gasteiger partial charge in [0.15, 0.2) is 0 Å². The van der Waals surface area contributed by atoms with Crippen molar-refractivity contribution in [2.24, 2.45) is 0 Å². The van der Waals surface area contributed by atoms with Crippen molar-refractivity contribution in [2.45, 2.75) is 52.6 Å². The summed E-state index contributed by atoms with van der Waals surface area (Å²) in [5.41, 5.74) is 3.12. The van der Waals surface area contributed by atoms with E-state index in [4.69, 9.17) is 0 Å². The zero-order chi connectivity index (χ0) is 22.9. The summed E-state index contributed by atoms with van der Waals surface area (Å²) < 4.78 is 14.9. The van der Waals surface area contributed by atoms with Crippen molar-refractivity contribution in [3.05, 3.63) is 81.9 Å². The van der Waals surface area contributed by atoms with E-state index < -0.39 is 0 Å². The highest BCUT2D eigenvalue weighted by atomic mass is 19.1. The number of aromatic nitrogens is 2. The van der Waals surface area contributed by atoms with Crippen LogP contribution in [0, 0.1) is 12.7 Å². The van der Waals surface area contributed by atoms with Crippen molar-refractivity contribution < 1.29 is 9.50 Å². The Kier molecular flexibility index (Phi) is 8.56. The lowest BCUT2D eigenvalue weighted by atomic mass is 10.1. The quantitative estimate of drug-likeness (QED) is 0.422. The Labute approximate surface area is 189 Å². The minimum absolute atomic E-state index is 0.131. The fourth-order valence-electron chi connectivity index (χ4n) is 3.80. The van der Waals surface area contributed by atoms with E-state index in [1.807, 2.05) is 25.1 Å². The highest BCUT2D eigenvalue weighted by molar-refractivity contribution is 5.66. The number of hydrogen-bond acceptors (Lipinski definition) is 4. The fourth-order valence-corrected chi connectivity index (χ4v) is 3.80. The van der Waals surface area contributed by atoms with E-state index in [9.17, 15) is 14.3 Å². The summed E-state index contributed by atoms with van der Waals surface area (Å²) in [5.74, 6) is -0.0314. The number of phenolic OH excluding ortho intramolecular Hbond substituents is 1. The normalized spacial score (nSPS) is 11.2. The van der Waals surface area contributed by atoms with E-state index >= 15 is 0 Å². The number of unbranched alkanes of at least 4 members (excludes halogenated alkanes) is 3. The minimum atomic E-state index is -0.191. The molecule has 1 aromatic heterocycles. The maximum absolute atomic E-state index is 13.4. The second-order valence-electron chi connectivity index (χ2n) is 8.21. The zero-order valence-electron chi connectivity index (χ0n) is 18.9. The third-order valence-corrected chi connectivity index (χ3v) is 5.63. The molecule has 0 aliphatic heterocycles. The monoisotopic (exact) mass is 437 g/mol. The molecule has 0 saturated carbocycles. The largest absolute Gasteiger partial charge is 0.507 e. The molecule has 0 spiro atoms.